The molecule has 114 valence electrons. The number of carboxylic acids is 1. The fourth-order valence-corrected chi connectivity index (χ4v) is 4.26. The molecule has 0 aliphatic carbocycles. The highest BCUT2D eigenvalue weighted by atomic mass is 32.2. The van der Waals surface area contributed by atoms with E-state index < -0.39 is 21.9 Å². The third kappa shape index (κ3) is 2.40. The summed E-state index contributed by atoms with van der Waals surface area (Å²) in [7, 11) is -3.53. The summed E-state index contributed by atoms with van der Waals surface area (Å²) >= 11 is 0. The van der Waals surface area contributed by atoms with E-state index in [1.807, 2.05) is 0 Å². The maximum Gasteiger partial charge on any atom is 0.306 e. The molecule has 1 saturated heterocycles. The number of ether oxygens (including phenoxy) is 1. The first-order valence-corrected chi connectivity index (χ1v) is 8.32. The number of carbonyl (C=O) groups is 1. The van der Waals surface area contributed by atoms with Crippen molar-refractivity contribution in [2.24, 2.45) is 11.8 Å². The molecule has 0 saturated carbocycles. The fourth-order valence-electron chi connectivity index (χ4n) is 2.66. The van der Waals surface area contributed by atoms with Gasteiger partial charge in [-0.25, -0.2) is 8.42 Å². The molecule has 2 aliphatic heterocycles. The smallest absolute Gasteiger partial charge is 0.306 e. The summed E-state index contributed by atoms with van der Waals surface area (Å²) in [5.41, 5.74) is 0.909. The molecule has 7 heteroatoms. The van der Waals surface area contributed by atoms with Crippen LogP contribution in [0.25, 0.3) is 0 Å². The number of aliphatic carboxylic acids is 1. The molecular formula is C14H17NO5S. The summed E-state index contributed by atoms with van der Waals surface area (Å²) in [6, 6.07) is 4.89. The average molecular weight is 311 g/mol. The number of fused-ring (bicyclic) bond motifs is 1. The Bertz CT molecular complexity index is 679. The molecule has 1 aromatic carbocycles. The topological polar surface area (TPSA) is 83.9 Å². The van der Waals surface area contributed by atoms with Crippen molar-refractivity contribution < 1.29 is 23.1 Å². The van der Waals surface area contributed by atoms with Gasteiger partial charge in [-0.3, -0.25) is 4.79 Å². The van der Waals surface area contributed by atoms with Crippen LogP contribution in [0.15, 0.2) is 23.1 Å². The molecule has 1 N–H and O–H groups in total. The van der Waals surface area contributed by atoms with E-state index in [-0.39, 0.29) is 23.9 Å². The summed E-state index contributed by atoms with van der Waals surface area (Å²) in [5.74, 6) is -0.776. The van der Waals surface area contributed by atoms with Crippen LogP contribution in [0.3, 0.4) is 0 Å². The number of nitrogens with zero attached hydrogens (tertiary/aromatic N) is 1. The predicted octanol–water partition coefficient (Wildman–Crippen LogP) is 0.963. The van der Waals surface area contributed by atoms with Crippen molar-refractivity contribution in [1.82, 2.24) is 4.31 Å². The maximum absolute atomic E-state index is 12.5. The Morgan fingerprint density at radius 1 is 1.43 bits per heavy atom. The number of sulfonamides is 1. The Morgan fingerprint density at radius 3 is 2.81 bits per heavy atom. The van der Waals surface area contributed by atoms with Gasteiger partial charge in [0.05, 0.1) is 17.4 Å². The molecule has 3 rings (SSSR count). The van der Waals surface area contributed by atoms with Crippen LogP contribution in [0.5, 0.6) is 5.75 Å². The molecular weight excluding hydrogens is 294 g/mol. The van der Waals surface area contributed by atoms with E-state index >= 15 is 0 Å². The first kappa shape index (κ1) is 14.3. The molecule has 6 nitrogen and oxygen atoms in total. The maximum atomic E-state index is 12.5. The molecule has 1 aromatic rings. The van der Waals surface area contributed by atoms with Crippen molar-refractivity contribution in [2.45, 2.75) is 18.2 Å². The minimum Gasteiger partial charge on any atom is -0.493 e. The van der Waals surface area contributed by atoms with Crippen LogP contribution in [0.2, 0.25) is 0 Å². The third-order valence-electron chi connectivity index (χ3n) is 4.27. The van der Waals surface area contributed by atoms with Crippen molar-refractivity contribution in [3.63, 3.8) is 0 Å². The van der Waals surface area contributed by atoms with Gasteiger partial charge in [-0.1, -0.05) is 6.92 Å². The van der Waals surface area contributed by atoms with Gasteiger partial charge in [-0.15, -0.1) is 0 Å². The van der Waals surface area contributed by atoms with Gasteiger partial charge in [0.25, 0.3) is 0 Å². The second-order valence-corrected chi connectivity index (χ2v) is 7.51. The van der Waals surface area contributed by atoms with Crippen molar-refractivity contribution in [2.75, 3.05) is 19.7 Å². The first-order valence-electron chi connectivity index (χ1n) is 6.88. The lowest BCUT2D eigenvalue weighted by molar-refractivity contribution is -0.144. The minimum absolute atomic E-state index is 0.116. The van der Waals surface area contributed by atoms with Crippen LogP contribution in [0.1, 0.15) is 12.5 Å². The molecule has 0 aromatic heterocycles. The first-order chi connectivity index (χ1) is 9.89. The molecule has 1 atom stereocenters. The Hall–Kier alpha value is -1.60. The van der Waals surface area contributed by atoms with Crippen LogP contribution in [-0.2, 0) is 21.2 Å². The van der Waals surface area contributed by atoms with Crippen molar-refractivity contribution in [3.05, 3.63) is 23.8 Å². The molecule has 0 spiro atoms. The van der Waals surface area contributed by atoms with Gasteiger partial charge >= 0.3 is 5.97 Å². The predicted molar refractivity (Wildman–Crippen MR) is 74.7 cm³/mol. The van der Waals surface area contributed by atoms with E-state index in [4.69, 9.17) is 9.84 Å². The SMILES string of the molecule is CC(C(=O)O)C1CN(S(=O)(=O)c2ccc3c(c2)CCO3)C1. The van der Waals surface area contributed by atoms with Gasteiger partial charge in [0.2, 0.25) is 10.0 Å². The Balaban J connectivity index is 1.76. The van der Waals surface area contributed by atoms with Gasteiger partial charge in [0.15, 0.2) is 0 Å². The second-order valence-electron chi connectivity index (χ2n) is 5.58. The van der Waals surface area contributed by atoms with E-state index in [1.54, 1.807) is 25.1 Å². The molecule has 2 heterocycles. The summed E-state index contributed by atoms with van der Waals surface area (Å²) < 4.78 is 31.7. The quantitative estimate of drug-likeness (QED) is 0.895. The minimum atomic E-state index is -3.53. The zero-order valence-electron chi connectivity index (χ0n) is 11.7. The van der Waals surface area contributed by atoms with E-state index in [0.717, 1.165) is 17.7 Å². The fraction of sp³-hybridized carbons (Fsp3) is 0.500. The highest BCUT2D eigenvalue weighted by Crippen LogP contribution is 2.33. The lowest BCUT2D eigenvalue weighted by Gasteiger charge is -2.40. The molecule has 0 radical (unpaired) electrons. The number of benzene rings is 1. The molecule has 1 unspecified atom stereocenters. The Kier molecular flexibility index (Phi) is 3.41. The Labute approximate surface area is 123 Å². The molecule has 0 bridgehead atoms. The van der Waals surface area contributed by atoms with E-state index in [2.05, 4.69) is 0 Å². The monoisotopic (exact) mass is 311 g/mol. The van der Waals surface area contributed by atoms with Crippen LogP contribution < -0.4 is 4.74 Å². The van der Waals surface area contributed by atoms with Crippen LogP contribution in [0.4, 0.5) is 0 Å². The van der Waals surface area contributed by atoms with Crippen molar-refractivity contribution in [1.29, 1.82) is 0 Å². The highest BCUT2D eigenvalue weighted by Gasteiger charge is 2.41. The normalized spacial score (nSPS) is 20.4. The Morgan fingerprint density at radius 2 is 2.14 bits per heavy atom. The van der Waals surface area contributed by atoms with Gasteiger partial charge in [0.1, 0.15) is 5.75 Å². The van der Waals surface area contributed by atoms with Gasteiger partial charge in [-0.05, 0) is 29.7 Å². The molecule has 2 aliphatic rings. The zero-order valence-corrected chi connectivity index (χ0v) is 12.5. The molecule has 21 heavy (non-hydrogen) atoms. The lowest BCUT2D eigenvalue weighted by atomic mass is 9.89. The van der Waals surface area contributed by atoms with Crippen LogP contribution >= 0.6 is 0 Å². The number of hydrogen-bond donors (Lipinski definition) is 1. The van der Waals surface area contributed by atoms with Crippen molar-refractivity contribution >= 4 is 16.0 Å². The standard InChI is InChI=1S/C14H17NO5S/c1-9(14(16)17)11-7-15(8-11)21(18,19)12-2-3-13-10(6-12)4-5-20-13/h2-3,6,9,11H,4-5,7-8H2,1H3,(H,16,17). The zero-order chi connectivity index (χ0) is 15.2. The largest absolute Gasteiger partial charge is 0.493 e. The second kappa shape index (κ2) is 4.99. The lowest BCUT2D eigenvalue weighted by Crippen LogP contribution is -2.53. The van der Waals surface area contributed by atoms with E-state index in [0.29, 0.717) is 6.61 Å². The summed E-state index contributed by atoms with van der Waals surface area (Å²) in [6.45, 7) is 2.73. The van der Waals surface area contributed by atoms with Gasteiger partial charge in [-0.2, -0.15) is 4.31 Å². The third-order valence-corrected chi connectivity index (χ3v) is 6.10. The van der Waals surface area contributed by atoms with Gasteiger partial charge < -0.3 is 9.84 Å². The molecule has 1 fully saturated rings. The summed E-state index contributed by atoms with van der Waals surface area (Å²) in [5, 5.41) is 8.95. The molecule has 0 amide bonds. The summed E-state index contributed by atoms with van der Waals surface area (Å²) in [6.07, 6.45) is 0.720. The van der Waals surface area contributed by atoms with E-state index in [1.165, 1.54) is 4.31 Å². The van der Waals surface area contributed by atoms with Gasteiger partial charge in [0, 0.05) is 19.5 Å². The van der Waals surface area contributed by atoms with E-state index in [9.17, 15) is 13.2 Å². The summed E-state index contributed by atoms with van der Waals surface area (Å²) in [4.78, 5) is 11.2. The highest BCUT2D eigenvalue weighted by molar-refractivity contribution is 7.89. The number of carboxylic acid groups (broad SMARTS) is 1. The number of rotatable bonds is 4. The van der Waals surface area contributed by atoms with Crippen LogP contribution in [0, 0.1) is 11.8 Å². The average Bonchev–Trinajstić information content (AvgIpc) is 2.83. The van der Waals surface area contributed by atoms with Crippen molar-refractivity contribution in [3.8, 4) is 5.75 Å². The number of hydrogen-bond acceptors (Lipinski definition) is 4. The van der Waals surface area contributed by atoms with Crippen LogP contribution in [-0.4, -0.2) is 43.5 Å².